The summed E-state index contributed by atoms with van der Waals surface area (Å²) in [7, 11) is 3.40. The number of benzene rings is 1. The zero-order valence-electron chi connectivity index (χ0n) is 13.4. The van der Waals surface area contributed by atoms with Gasteiger partial charge in [-0.1, -0.05) is 13.0 Å². The van der Waals surface area contributed by atoms with Gasteiger partial charge in [-0.15, -0.1) is 0 Å². The van der Waals surface area contributed by atoms with Gasteiger partial charge in [0, 0.05) is 6.04 Å². The lowest BCUT2D eigenvalue weighted by Crippen LogP contribution is -2.28. The Hall–Kier alpha value is -1.22. The van der Waals surface area contributed by atoms with Crippen LogP contribution in [0.25, 0.3) is 0 Å². The third-order valence-corrected chi connectivity index (χ3v) is 5.13. The largest absolute Gasteiger partial charge is 0.493 e. The predicted molar refractivity (Wildman–Crippen MR) is 84.9 cm³/mol. The summed E-state index contributed by atoms with van der Waals surface area (Å²) in [5.74, 6) is 4.45. The number of hydrogen-bond acceptors (Lipinski definition) is 3. The summed E-state index contributed by atoms with van der Waals surface area (Å²) in [6, 6.07) is 6.83. The molecule has 0 aliphatic heterocycles. The molecule has 3 heteroatoms. The van der Waals surface area contributed by atoms with Crippen LogP contribution in [0.4, 0.5) is 0 Å². The SMILES string of the molecule is CCCNC(c1ccc(OC)c(OC)c1)C1CC2CC2C1. The van der Waals surface area contributed by atoms with Crippen molar-refractivity contribution in [2.45, 2.75) is 38.6 Å². The van der Waals surface area contributed by atoms with Crippen LogP contribution in [0.2, 0.25) is 0 Å². The van der Waals surface area contributed by atoms with Crippen LogP contribution in [-0.4, -0.2) is 20.8 Å². The molecule has 21 heavy (non-hydrogen) atoms. The van der Waals surface area contributed by atoms with Crippen molar-refractivity contribution < 1.29 is 9.47 Å². The third kappa shape index (κ3) is 3.03. The maximum Gasteiger partial charge on any atom is 0.161 e. The van der Waals surface area contributed by atoms with E-state index in [-0.39, 0.29) is 0 Å². The zero-order valence-corrected chi connectivity index (χ0v) is 13.4. The van der Waals surface area contributed by atoms with E-state index >= 15 is 0 Å². The van der Waals surface area contributed by atoms with E-state index in [1.54, 1.807) is 14.2 Å². The van der Waals surface area contributed by atoms with Gasteiger partial charge in [-0.3, -0.25) is 0 Å². The van der Waals surface area contributed by atoms with Gasteiger partial charge >= 0.3 is 0 Å². The van der Waals surface area contributed by atoms with Crippen molar-refractivity contribution in [3.63, 3.8) is 0 Å². The van der Waals surface area contributed by atoms with Crippen molar-refractivity contribution in [3.8, 4) is 11.5 Å². The standard InChI is InChI=1S/C18H27NO2/c1-4-7-19-18(15-9-13-8-14(13)10-15)12-5-6-16(20-2)17(11-12)21-3/h5-6,11,13-15,18-19H,4,7-10H2,1-3H3. The van der Waals surface area contributed by atoms with Crippen molar-refractivity contribution >= 4 is 0 Å². The van der Waals surface area contributed by atoms with Crippen LogP contribution in [0.3, 0.4) is 0 Å². The average molecular weight is 289 g/mol. The maximum atomic E-state index is 5.47. The molecule has 2 fully saturated rings. The Morgan fingerprint density at radius 2 is 1.81 bits per heavy atom. The molecule has 0 heterocycles. The summed E-state index contributed by atoms with van der Waals surface area (Å²) in [4.78, 5) is 0. The fourth-order valence-corrected chi connectivity index (χ4v) is 3.94. The Balaban J connectivity index is 1.81. The Bertz CT molecular complexity index is 478. The van der Waals surface area contributed by atoms with E-state index < -0.39 is 0 Å². The van der Waals surface area contributed by atoms with Gasteiger partial charge < -0.3 is 14.8 Å². The molecule has 1 aromatic carbocycles. The highest BCUT2D eigenvalue weighted by molar-refractivity contribution is 5.44. The fourth-order valence-electron chi connectivity index (χ4n) is 3.94. The molecular formula is C18H27NO2. The van der Waals surface area contributed by atoms with E-state index in [1.165, 1.54) is 31.2 Å². The summed E-state index contributed by atoms with van der Waals surface area (Å²) in [5.41, 5.74) is 1.34. The maximum absolute atomic E-state index is 5.47. The smallest absolute Gasteiger partial charge is 0.161 e. The molecule has 3 unspecified atom stereocenters. The van der Waals surface area contributed by atoms with Gasteiger partial charge in [0.25, 0.3) is 0 Å². The number of methoxy groups -OCH3 is 2. The van der Waals surface area contributed by atoms with E-state index in [0.29, 0.717) is 6.04 Å². The first kappa shape index (κ1) is 14.7. The lowest BCUT2D eigenvalue weighted by Gasteiger charge is -2.27. The second kappa shape index (κ2) is 6.27. The topological polar surface area (TPSA) is 30.5 Å². The van der Waals surface area contributed by atoms with E-state index in [1.807, 2.05) is 6.07 Å². The molecule has 1 aromatic rings. The molecule has 0 radical (unpaired) electrons. The number of ether oxygens (including phenoxy) is 2. The second-order valence-corrected chi connectivity index (χ2v) is 6.53. The molecule has 3 nitrogen and oxygen atoms in total. The van der Waals surface area contributed by atoms with Gasteiger partial charge in [0.2, 0.25) is 0 Å². The van der Waals surface area contributed by atoms with Gasteiger partial charge in [-0.2, -0.15) is 0 Å². The molecule has 3 rings (SSSR count). The molecule has 0 spiro atoms. The monoisotopic (exact) mass is 289 g/mol. The number of rotatable bonds is 7. The van der Waals surface area contributed by atoms with Crippen molar-refractivity contribution in [1.29, 1.82) is 0 Å². The van der Waals surface area contributed by atoms with Crippen molar-refractivity contribution in [2.24, 2.45) is 17.8 Å². The summed E-state index contributed by atoms with van der Waals surface area (Å²) < 4.78 is 10.8. The van der Waals surface area contributed by atoms with Crippen LogP contribution in [0, 0.1) is 17.8 Å². The Kier molecular flexibility index (Phi) is 4.39. The van der Waals surface area contributed by atoms with Gasteiger partial charge in [-0.25, -0.2) is 0 Å². The molecule has 116 valence electrons. The first-order valence-corrected chi connectivity index (χ1v) is 8.22. The average Bonchev–Trinajstić information content (AvgIpc) is 3.13. The Labute approximate surface area is 128 Å². The summed E-state index contributed by atoms with van der Waals surface area (Å²) in [5, 5.41) is 3.76. The Morgan fingerprint density at radius 3 is 2.43 bits per heavy atom. The molecule has 0 bridgehead atoms. The van der Waals surface area contributed by atoms with Crippen molar-refractivity contribution in [1.82, 2.24) is 5.32 Å². The first-order chi connectivity index (χ1) is 10.3. The van der Waals surface area contributed by atoms with Gasteiger partial charge in [0.15, 0.2) is 11.5 Å². The molecular weight excluding hydrogens is 262 g/mol. The van der Waals surface area contributed by atoms with Gasteiger partial charge in [0.05, 0.1) is 14.2 Å². The number of fused-ring (bicyclic) bond motifs is 1. The van der Waals surface area contributed by atoms with Crippen LogP contribution >= 0.6 is 0 Å². The van der Waals surface area contributed by atoms with Crippen LogP contribution < -0.4 is 14.8 Å². The molecule has 2 aliphatic rings. The van der Waals surface area contributed by atoms with Crippen molar-refractivity contribution in [3.05, 3.63) is 23.8 Å². The molecule has 2 aliphatic carbocycles. The minimum Gasteiger partial charge on any atom is -0.493 e. The summed E-state index contributed by atoms with van der Waals surface area (Å²) >= 11 is 0. The fraction of sp³-hybridized carbons (Fsp3) is 0.667. The highest BCUT2D eigenvalue weighted by Gasteiger charge is 2.48. The molecule has 0 saturated heterocycles. The normalized spacial score (nSPS) is 28.0. The summed E-state index contributed by atoms with van der Waals surface area (Å²) in [6.07, 6.45) is 5.42. The first-order valence-electron chi connectivity index (χ1n) is 8.22. The lowest BCUT2D eigenvalue weighted by atomic mass is 9.89. The van der Waals surface area contributed by atoms with E-state index in [9.17, 15) is 0 Å². The second-order valence-electron chi connectivity index (χ2n) is 6.53. The number of hydrogen-bond donors (Lipinski definition) is 1. The van der Waals surface area contributed by atoms with Crippen LogP contribution in [-0.2, 0) is 0 Å². The van der Waals surface area contributed by atoms with Crippen LogP contribution in [0.5, 0.6) is 11.5 Å². The quantitative estimate of drug-likeness (QED) is 0.828. The number of nitrogens with one attached hydrogen (secondary N) is 1. The van der Waals surface area contributed by atoms with Gasteiger partial charge in [0.1, 0.15) is 0 Å². The molecule has 0 aromatic heterocycles. The van der Waals surface area contributed by atoms with E-state index in [0.717, 1.165) is 35.8 Å². The minimum absolute atomic E-state index is 0.456. The highest BCUT2D eigenvalue weighted by Crippen LogP contribution is 2.57. The van der Waals surface area contributed by atoms with E-state index in [2.05, 4.69) is 24.4 Å². The van der Waals surface area contributed by atoms with Crippen LogP contribution in [0.15, 0.2) is 18.2 Å². The summed E-state index contributed by atoms with van der Waals surface area (Å²) in [6.45, 7) is 3.30. The highest BCUT2D eigenvalue weighted by atomic mass is 16.5. The minimum atomic E-state index is 0.456. The Morgan fingerprint density at radius 1 is 1.10 bits per heavy atom. The zero-order chi connectivity index (χ0) is 14.8. The molecule has 0 amide bonds. The van der Waals surface area contributed by atoms with Crippen molar-refractivity contribution in [2.75, 3.05) is 20.8 Å². The van der Waals surface area contributed by atoms with Gasteiger partial charge in [-0.05, 0) is 67.7 Å². The molecule has 1 N–H and O–H groups in total. The van der Waals surface area contributed by atoms with Crippen LogP contribution in [0.1, 0.15) is 44.2 Å². The lowest BCUT2D eigenvalue weighted by molar-refractivity contribution is 0.334. The van der Waals surface area contributed by atoms with E-state index in [4.69, 9.17) is 9.47 Å². The third-order valence-electron chi connectivity index (χ3n) is 5.13. The molecule has 3 atom stereocenters. The molecule has 2 saturated carbocycles. The predicted octanol–water partition coefficient (Wildman–Crippen LogP) is 3.79.